The fourth-order valence-electron chi connectivity index (χ4n) is 2.02. The number of anilines is 1. The molecule has 0 spiro atoms. The van der Waals surface area contributed by atoms with E-state index in [1.807, 2.05) is 6.07 Å². The fourth-order valence-corrected chi connectivity index (χ4v) is 2.02. The lowest BCUT2D eigenvalue weighted by molar-refractivity contribution is 0.187. The topological polar surface area (TPSA) is 87.6 Å². The van der Waals surface area contributed by atoms with Crippen molar-refractivity contribution in [3.05, 3.63) is 12.1 Å². The number of aromatic nitrogens is 2. The summed E-state index contributed by atoms with van der Waals surface area (Å²) >= 11 is 0. The number of methoxy groups -OCH3 is 1. The molecule has 0 bridgehead atoms. The van der Waals surface area contributed by atoms with Crippen LogP contribution < -0.4 is 15.0 Å². The molecule has 1 amide bonds. The molecule has 7 nitrogen and oxygen atoms in total. The van der Waals surface area contributed by atoms with Gasteiger partial charge in [-0.05, 0) is 18.9 Å². The molecule has 2 N–H and O–H groups in total. The number of carbonyl (C=O) groups is 1. The minimum Gasteiger partial charge on any atom is -0.480 e. The monoisotopic (exact) mass is 252 g/mol. The Bertz CT molecular complexity index is 401. The van der Waals surface area contributed by atoms with Gasteiger partial charge in [-0.25, -0.2) is 4.79 Å². The molecule has 2 heterocycles. The van der Waals surface area contributed by atoms with Crippen LogP contribution in [0.15, 0.2) is 12.1 Å². The maximum atomic E-state index is 10.5. The highest BCUT2D eigenvalue weighted by Gasteiger charge is 2.21. The fraction of sp³-hybridized carbons (Fsp3) is 0.545. The van der Waals surface area contributed by atoms with Gasteiger partial charge < -0.3 is 20.1 Å². The van der Waals surface area contributed by atoms with Crippen LogP contribution in [0.1, 0.15) is 12.8 Å². The van der Waals surface area contributed by atoms with Crippen molar-refractivity contribution in [2.75, 3.05) is 25.1 Å². The molecule has 0 aliphatic carbocycles. The van der Waals surface area contributed by atoms with Gasteiger partial charge in [-0.15, -0.1) is 10.2 Å². The second-order valence-corrected chi connectivity index (χ2v) is 4.14. The average Bonchev–Trinajstić information content (AvgIpc) is 2.39. The lowest BCUT2D eigenvalue weighted by Gasteiger charge is -2.32. The minimum atomic E-state index is -0.960. The summed E-state index contributed by atoms with van der Waals surface area (Å²) < 4.78 is 4.95. The number of ether oxygens (including phenoxy) is 1. The quantitative estimate of drug-likeness (QED) is 0.824. The zero-order chi connectivity index (χ0) is 13.0. The predicted octanol–water partition coefficient (Wildman–Crippen LogP) is 0.722. The summed E-state index contributed by atoms with van der Waals surface area (Å²) in [5.41, 5.74) is 0. The molecule has 1 saturated heterocycles. The van der Waals surface area contributed by atoms with E-state index in [4.69, 9.17) is 9.84 Å². The van der Waals surface area contributed by atoms with Gasteiger partial charge in [-0.1, -0.05) is 0 Å². The summed E-state index contributed by atoms with van der Waals surface area (Å²) in [5, 5.41) is 19.1. The third kappa shape index (κ3) is 2.99. The van der Waals surface area contributed by atoms with Crippen molar-refractivity contribution in [2.24, 2.45) is 0 Å². The Hall–Kier alpha value is -2.05. The van der Waals surface area contributed by atoms with Gasteiger partial charge >= 0.3 is 6.09 Å². The van der Waals surface area contributed by atoms with E-state index in [0.29, 0.717) is 5.88 Å². The van der Waals surface area contributed by atoms with E-state index in [9.17, 15) is 4.79 Å². The van der Waals surface area contributed by atoms with Gasteiger partial charge in [0, 0.05) is 25.2 Å². The molecule has 0 saturated carbocycles. The van der Waals surface area contributed by atoms with Crippen molar-refractivity contribution >= 4 is 11.9 Å². The molecule has 1 aromatic heterocycles. The van der Waals surface area contributed by atoms with Crippen LogP contribution in [0.4, 0.5) is 10.6 Å². The molecule has 1 fully saturated rings. The summed E-state index contributed by atoms with van der Waals surface area (Å²) in [7, 11) is 1.55. The highest BCUT2D eigenvalue weighted by atomic mass is 16.5. The van der Waals surface area contributed by atoms with Gasteiger partial charge in [0.05, 0.1) is 7.11 Å². The number of amides is 1. The number of hydrogen-bond acceptors (Lipinski definition) is 5. The van der Waals surface area contributed by atoms with Crippen LogP contribution in [-0.2, 0) is 0 Å². The SMILES string of the molecule is COc1ccc(N2CCC(NC(=O)O)CC2)nn1. The van der Waals surface area contributed by atoms with Gasteiger partial charge in [0.1, 0.15) is 0 Å². The second kappa shape index (κ2) is 5.52. The Morgan fingerprint density at radius 3 is 2.67 bits per heavy atom. The van der Waals surface area contributed by atoms with E-state index < -0.39 is 6.09 Å². The molecule has 1 aliphatic heterocycles. The van der Waals surface area contributed by atoms with Crippen LogP contribution in [0.25, 0.3) is 0 Å². The van der Waals surface area contributed by atoms with Crippen molar-refractivity contribution < 1.29 is 14.6 Å². The van der Waals surface area contributed by atoms with Crippen LogP contribution in [0.3, 0.4) is 0 Å². The summed E-state index contributed by atoms with van der Waals surface area (Å²) in [4.78, 5) is 12.6. The van der Waals surface area contributed by atoms with Crippen LogP contribution in [0.2, 0.25) is 0 Å². The van der Waals surface area contributed by atoms with E-state index in [0.717, 1.165) is 31.7 Å². The summed E-state index contributed by atoms with van der Waals surface area (Å²) in [6.45, 7) is 1.54. The number of nitrogens with one attached hydrogen (secondary N) is 1. The lowest BCUT2D eigenvalue weighted by atomic mass is 10.1. The minimum absolute atomic E-state index is 0.0324. The van der Waals surface area contributed by atoms with Crippen molar-refractivity contribution in [3.8, 4) is 5.88 Å². The zero-order valence-corrected chi connectivity index (χ0v) is 10.2. The van der Waals surface area contributed by atoms with Crippen molar-refractivity contribution in [2.45, 2.75) is 18.9 Å². The highest BCUT2D eigenvalue weighted by molar-refractivity contribution is 5.64. The third-order valence-electron chi connectivity index (χ3n) is 2.98. The molecular formula is C11H16N4O3. The molecule has 0 unspecified atom stereocenters. The number of nitrogens with zero attached hydrogens (tertiary/aromatic N) is 3. The Labute approximate surface area is 105 Å². The third-order valence-corrected chi connectivity index (χ3v) is 2.98. The normalized spacial score (nSPS) is 16.4. The van der Waals surface area contributed by atoms with Crippen LogP contribution in [0, 0.1) is 0 Å². The van der Waals surface area contributed by atoms with Crippen LogP contribution >= 0.6 is 0 Å². The average molecular weight is 252 g/mol. The Morgan fingerprint density at radius 1 is 1.44 bits per heavy atom. The molecule has 1 aromatic rings. The first-order valence-corrected chi connectivity index (χ1v) is 5.81. The zero-order valence-electron chi connectivity index (χ0n) is 10.2. The van der Waals surface area contributed by atoms with E-state index in [2.05, 4.69) is 20.4 Å². The number of piperidine rings is 1. The predicted molar refractivity (Wildman–Crippen MR) is 65.0 cm³/mol. The Balaban J connectivity index is 1.90. The van der Waals surface area contributed by atoms with E-state index in [1.54, 1.807) is 13.2 Å². The van der Waals surface area contributed by atoms with Gasteiger partial charge in [-0.2, -0.15) is 0 Å². The summed E-state index contributed by atoms with van der Waals surface area (Å²) in [6.07, 6.45) is 0.595. The van der Waals surface area contributed by atoms with E-state index >= 15 is 0 Å². The van der Waals surface area contributed by atoms with Crippen molar-refractivity contribution in [1.82, 2.24) is 15.5 Å². The van der Waals surface area contributed by atoms with Crippen molar-refractivity contribution in [3.63, 3.8) is 0 Å². The smallest absolute Gasteiger partial charge is 0.404 e. The number of hydrogen-bond donors (Lipinski definition) is 2. The molecule has 18 heavy (non-hydrogen) atoms. The Kier molecular flexibility index (Phi) is 3.81. The lowest BCUT2D eigenvalue weighted by Crippen LogP contribution is -2.44. The Morgan fingerprint density at radius 2 is 2.17 bits per heavy atom. The standard InChI is InChI=1S/C11H16N4O3/c1-18-10-3-2-9(13-14-10)15-6-4-8(5-7-15)12-11(16)17/h2-3,8,12H,4-7H2,1H3,(H,16,17). The molecule has 0 atom stereocenters. The highest BCUT2D eigenvalue weighted by Crippen LogP contribution is 2.18. The van der Waals surface area contributed by atoms with Gasteiger partial charge in [0.15, 0.2) is 5.82 Å². The van der Waals surface area contributed by atoms with Crippen LogP contribution in [0.5, 0.6) is 5.88 Å². The largest absolute Gasteiger partial charge is 0.480 e. The van der Waals surface area contributed by atoms with E-state index in [-0.39, 0.29) is 6.04 Å². The molecule has 2 rings (SSSR count). The van der Waals surface area contributed by atoms with Crippen molar-refractivity contribution in [1.29, 1.82) is 0 Å². The molecule has 7 heteroatoms. The molecule has 1 aliphatic rings. The first-order valence-electron chi connectivity index (χ1n) is 5.81. The number of carboxylic acid groups (broad SMARTS) is 1. The summed E-state index contributed by atoms with van der Waals surface area (Å²) in [5.74, 6) is 1.28. The number of rotatable bonds is 3. The maximum absolute atomic E-state index is 10.5. The molecule has 0 aromatic carbocycles. The maximum Gasteiger partial charge on any atom is 0.404 e. The van der Waals surface area contributed by atoms with Gasteiger partial charge in [-0.3, -0.25) is 0 Å². The molecular weight excluding hydrogens is 236 g/mol. The molecule has 0 radical (unpaired) electrons. The van der Waals surface area contributed by atoms with Crippen LogP contribution in [-0.4, -0.2) is 47.6 Å². The first-order chi connectivity index (χ1) is 8.69. The second-order valence-electron chi connectivity index (χ2n) is 4.14. The van der Waals surface area contributed by atoms with Gasteiger partial charge in [0.25, 0.3) is 0 Å². The first kappa shape index (κ1) is 12.4. The molecule has 98 valence electrons. The van der Waals surface area contributed by atoms with E-state index in [1.165, 1.54) is 0 Å². The van der Waals surface area contributed by atoms with Gasteiger partial charge in [0.2, 0.25) is 5.88 Å². The summed E-state index contributed by atoms with van der Waals surface area (Å²) in [6, 6.07) is 3.66.